The molecule has 1 rings (SSSR count). The van der Waals surface area contributed by atoms with Gasteiger partial charge in [0, 0.05) is 31.9 Å². The average Bonchev–Trinajstić information content (AvgIpc) is 2.71. The highest BCUT2D eigenvalue weighted by molar-refractivity contribution is 5.83. The largest absolute Gasteiger partial charge is 0.479 e. The van der Waals surface area contributed by atoms with Crippen LogP contribution in [-0.4, -0.2) is 59.0 Å². The first kappa shape index (κ1) is 15.0. The van der Waals surface area contributed by atoms with E-state index in [1.165, 1.54) is 10.9 Å². The Morgan fingerprint density at radius 1 is 1.53 bits per heavy atom. The van der Waals surface area contributed by atoms with Gasteiger partial charge in [-0.2, -0.15) is 5.10 Å². The van der Waals surface area contributed by atoms with Crippen LogP contribution in [0.1, 0.15) is 11.6 Å². The maximum Gasteiger partial charge on any atom is 0.331 e. The minimum Gasteiger partial charge on any atom is -0.479 e. The lowest BCUT2D eigenvalue weighted by Crippen LogP contribution is -2.42. The summed E-state index contributed by atoms with van der Waals surface area (Å²) in [6.45, 7) is 1.12. The number of aliphatic carboxylic acids is 1. The molecule has 8 nitrogen and oxygen atoms in total. The minimum atomic E-state index is -1.13. The van der Waals surface area contributed by atoms with Crippen LogP contribution in [0.25, 0.3) is 0 Å². The molecule has 1 aromatic rings. The number of hydrogen-bond donors (Lipinski definition) is 3. The quantitative estimate of drug-likeness (QED) is 0.641. The van der Waals surface area contributed by atoms with Crippen LogP contribution in [0, 0.1) is 0 Å². The number of urea groups is 1. The van der Waals surface area contributed by atoms with Gasteiger partial charge in [-0.15, -0.1) is 0 Å². The molecule has 1 unspecified atom stereocenters. The molecule has 0 aliphatic rings. The van der Waals surface area contributed by atoms with Gasteiger partial charge in [0.2, 0.25) is 0 Å². The molecule has 0 aliphatic carbocycles. The summed E-state index contributed by atoms with van der Waals surface area (Å²) >= 11 is 0. The van der Waals surface area contributed by atoms with Crippen LogP contribution in [0.2, 0.25) is 0 Å². The molecule has 2 amide bonds. The van der Waals surface area contributed by atoms with E-state index in [0.29, 0.717) is 18.7 Å². The van der Waals surface area contributed by atoms with Gasteiger partial charge in [0.25, 0.3) is 0 Å². The minimum absolute atomic E-state index is 0.428. The predicted octanol–water partition coefficient (Wildman–Crippen LogP) is -0.593. The number of likely N-dealkylation sites (N-methyl/N-ethyl adjacent to an activating group) is 1. The van der Waals surface area contributed by atoms with E-state index >= 15 is 0 Å². The number of nitrogens with one attached hydrogen (secondary N) is 2. The first-order valence-electron chi connectivity index (χ1n) is 5.80. The number of carboxylic acids is 1. The van der Waals surface area contributed by atoms with Crippen molar-refractivity contribution in [1.29, 1.82) is 0 Å². The molecule has 0 aromatic carbocycles. The Morgan fingerprint density at radius 2 is 2.21 bits per heavy atom. The highest BCUT2D eigenvalue weighted by Crippen LogP contribution is 2.11. The maximum absolute atomic E-state index is 11.6. The number of hydrogen-bond acceptors (Lipinski definition) is 4. The Morgan fingerprint density at radius 3 is 2.68 bits per heavy atom. The summed E-state index contributed by atoms with van der Waals surface area (Å²) in [5.74, 6) is -1.13. The van der Waals surface area contributed by atoms with Gasteiger partial charge in [0.1, 0.15) is 0 Å². The van der Waals surface area contributed by atoms with Crippen molar-refractivity contribution in [3.63, 3.8) is 0 Å². The molecule has 0 radical (unpaired) electrons. The summed E-state index contributed by atoms with van der Waals surface area (Å²) < 4.78 is 1.48. The molecule has 0 spiro atoms. The summed E-state index contributed by atoms with van der Waals surface area (Å²) in [6, 6.07) is -1.62. The zero-order valence-corrected chi connectivity index (χ0v) is 11.3. The second kappa shape index (κ2) is 6.74. The predicted molar refractivity (Wildman–Crippen MR) is 68.7 cm³/mol. The lowest BCUT2D eigenvalue weighted by Gasteiger charge is -2.15. The van der Waals surface area contributed by atoms with E-state index in [1.807, 2.05) is 19.0 Å². The van der Waals surface area contributed by atoms with Crippen LogP contribution < -0.4 is 10.6 Å². The number of carbonyl (C=O) groups is 2. The van der Waals surface area contributed by atoms with Crippen LogP contribution in [-0.2, 0) is 11.8 Å². The number of aromatic nitrogens is 2. The third kappa shape index (κ3) is 4.96. The van der Waals surface area contributed by atoms with Crippen molar-refractivity contribution in [3.8, 4) is 0 Å². The number of aryl methyl sites for hydroxylation is 1. The third-order valence-electron chi connectivity index (χ3n) is 2.43. The van der Waals surface area contributed by atoms with Crippen molar-refractivity contribution in [1.82, 2.24) is 25.3 Å². The fraction of sp³-hybridized carbons (Fsp3) is 0.545. The zero-order valence-electron chi connectivity index (χ0n) is 11.3. The van der Waals surface area contributed by atoms with E-state index < -0.39 is 18.0 Å². The van der Waals surface area contributed by atoms with Gasteiger partial charge in [-0.05, 0) is 14.1 Å². The molecule has 8 heteroatoms. The van der Waals surface area contributed by atoms with Crippen molar-refractivity contribution >= 4 is 12.0 Å². The van der Waals surface area contributed by atoms with E-state index in [-0.39, 0.29) is 0 Å². The number of amides is 2. The molecular weight excluding hydrogens is 250 g/mol. The lowest BCUT2D eigenvalue weighted by molar-refractivity contribution is -0.139. The molecule has 0 saturated heterocycles. The Bertz CT molecular complexity index is 443. The van der Waals surface area contributed by atoms with Gasteiger partial charge < -0.3 is 20.6 Å². The van der Waals surface area contributed by atoms with Crippen LogP contribution in [0.4, 0.5) is 4.79 Å². The molecule has 0 aliphatic heterocycles. The molecular formula is C11H19N5O3. The Labute approximate surface area is 111 Å². The Hall–Kier alpha value is -2.09. The number of carbonyl (C=O) groups excluding carboxylic acids is 1. The molecule has 0 fully saturated rings. The van der Waals surface area contributed by atoms with Crippen molar-refractivity contribution in [3.05, 3.63) is 18.0 Å². The summed E-state index contributed by atoms with van der Waals surface area (Å²) in [7, 11) is 5.45. The molecule has 1 aromatic heterocycles. The third-order valence-corrected chi connectivity index (χ3v) is 2.43. The normalized spacial score (nSPS) is 12.2. The van der Waals surface area contributed by atoms with Crippen molar-refractivity contribution in [2.75, 3.05) is 27.2 Å². The molecule has 106 valence electrons. The average molecular weight is 269 g/mol. The molecule has 19 heavy (non-hydrogen) atoms. The smallest absolute Gasteiger partial charge is 0.331 e. The number of carboxylic acid groups (broad SMARTS) is 1. The fourth-order valence-electron chi connectivity index (χ4n) is 1.45. The van der Waals surface area contributed by atoms with E-state index in [0.717, 1.165) is 0 Å². The second-order valence-electron chi connectivity index (χ2n) is 4.42. The van der Waals surface area contributed by atoms with Gasteiger partial charge in [-0.25, -0.2) is 9.59 Å². The van der Waals surface area contributed by atoms with E-state index in [1.54, 1.807) is 13.2 Å². The summed E-state index contributed by atoms with van der Waals surface area (Å²) in [4.78, 5) is 24.6. The first-order chi connectivity index (χ1) is 8.90. The van der Waals surface area contributed by atoms with Gasteiger partial charge in [-0.3, -0.25) is 4.68 Å². The second-order valence-corrected chi connectivity index (χ2v) is 4.42. The molecule has 1 heterocycles. The van der Waals surface area contributed by atoms with Gasteiger partial charge >= 0.3 is 12.0 Å². The highest BCUT2D eigenvalue weighted by Gasteiger charge is 2.23. The van der Waals surface area contributed by atoms with Crippen LogP contribution in [0.3, 0.4) is 0 Å². The van der Waals surface area contributed by atoms with Gasteiger partial charge in [0.05, 0.1) is 6.20 Å². The van der Waals surface area contributed by atoms with Crippen LogP contribution in [0.5, 0.6) is 0 Å². The highest BCUT2D eigenvalue weighted by atomic mass is 16.4. The van der Waals surface area contributed by atoms with Gasteiger partial charge in [0.15, 0.2) is 6.04 Å². The Kier molecular flexibility index (Phi) is 5.31. The summed E-state index contributed by atoms with van der Waals surface area (Å²) in [5, 5.41) is 18.0. The summed E-state index contributed by atoms with van der Waals surface area (Å²) in [6.07, 6.45) is 2.97. The van der Waals surface area contributed by atoms with Gasteiger partial charge in [-0.1, -0.05) is 0 Å². The first-order valence-corrected chi connectivity index (χ1v) is 5.80. The standard InChI is InChI=1S/C11H19N5O3/c1-15(2)5-4-12-11(19)14-9(10(17)18)8-6-13-16(3)7-8/h6-7,9H,4-5H2,1-3H3,(H,17,18)(H2,12,14,19). The monoisotopic (exact) mass is 269 g/mol. The lowest BCUT2D eigenvalue weighted by atomic mass is 10.1. The van der Waals surface area contributed by atoms with Crippen LogP contribution in [0.15, 0.2) is 12.4 Å². The molecule has 0 bridgehead atoms. The number of rotatable bonds is 6. The SMILES string of the molecule is CN(C)CCNC(=O)NC(C(=O)O)c1cnn(C)c1. The zero-order chi connectivity index (χ0) is 14.4. The molecule has 0 saturated carbocycles. The van der Waals surface area contributed by atoms with Crippen molar-refractivity contribution in [2.45, 2.75) is 6.04 Å². The van der Waals surface area contributed by atoms with Crippen molar-refractivity contribution in [2.24, 2.45) is 7.05 Å². The topological polar surface area (TPSA) is 99.5 Å². The van der Waals surface area contributed by atoms with Crippen molar-refractivity contribution < 1.29 is 14.7 Å². The molecule has 3 N–H and O–H groups in total. The number of nitrogens with zero attached hydrogens (tertiary/aromatic N) is 3. The fourth-order valence-corrected chi connectivity index (χ4v) is 1.45. The maximum atomic E-state index is 11.6. The van der Waals surface area contributed by atoms with E-state index in [9.17, 15) is 9.59 Å². The Balaban J connectivity index is 2.55. The summed E-state index contributed by atoms with van der Waals surface area (Å²) in [5.41, 5.74) is 0.428. The van der Waals surface area contributed by atoms with Crippen LogP contribution >= 0.6 is 0 Å². The van der Waals surface area contributed by atoms with E-state index in [4.69, 9.17) is 5.11 Å². The molecule has 1 atom stereocenters. The van der Waals surface area contributed by atoms with E-state index in [2.05, 4.69) is 15.7 Å².